The zero-order valence-corrected chi connectivity index (χ0v) is 8.40. The quantitative estimate of drug-likeness (QED) is 0.627. The second-order valence-electron chi connectivity index (χ2n) is 3.66. The Morgan fingerprint density at radius 3 is 2.93 bits per heavy atom. The van der Waals surface area contributed by atoms with Gasteiger partial charge >= 0.3 is 0 Å². The first kappa shape index (κ1) is 9.00. The molecular weight excluding hydrogens is 174 g/mol. The van der Waals surface area contributed by atoms with Crippen LogP contribution in [-0.2, 0) is 4.79 Å². The number of aldehydes is 1. The fraction of sp³-hybridized carbons (Fsp3) is 0.250. The largest absolute Gasteiger partial charge is 0.361 e. The maximum absolute atomic E-state index is 10.8. The van der Waals surface area contributed by atoms with E-state index in [4.69, 9.17) is 0 Å². The Morgan fingerprint density at radius 1 is 1.43 bits per heavy atom. The van der Waals surface area contributed by atoms with Gasteiger partial charge in [-0.1, -0.05) is 23.8 Å². The summed E-state index contributed by atoms with van der Waals surface area (Å²) in [5, 5.41) is 0. The van der Waals surface area contributed by atoms with Gasteiger partial charge in [0, 0.05) is 12.7 Å². The van der Waals surface area contributed by atoms with Crippen molar-refractivity contribution in [2.75, 3.05) is 11.9 Å². The lowest BCUT2D eigenvalue weighted by molar-refractivity contribution is -0.108. The van der Waals surface area contributed by atoms with E-state index in [0.29, 0.717) is 0 Å². The van der Waals surface area contributed by atoms with Crippen molar-refractivity contribution in [3.63, 3.8) is 0 Å². The van der Waals surface area contributed by atoms with E-state index in [2.05, 4.69) is 25.1 Å². The van der Waals surface area contributed by atoms with E-state index in [1.165, 1.54) is 11.1 Å². The van der Waals surface area contributed by atoms with E-state index < -0.39 is 0 Å². The minimum atomic E-state index is -0.120. The number of nitrogens with zero attached hydrogens (tertiary/aromatic N) is 1. The molecule has 0 bridgehead atoms. The minimum Gasteiger partial charge on any atom is -0.361 e. The average molecular weight is 187 g/mol. The van der Waals surface area contributed by atoms with Crippen molar-refractivity contribution in [2.24, 2.45) is 0 Å². The van der Waals surface area contributed by atoms with Crippen LogP contribution in [0.25, 0.3) is 6.08 Å². The summed E-state index contributed by atoms with van der Waals surface area (Å²) in [6, 6.07) is 6.13. The summed E-state index contributed by atoms with van der Waals surface area (Å²) in [5.41, 5.74) is 3.55. The lowest BCUT2D eigenvalue weighted by Crippen LogP contribution is -2.33. The smallest absolute Gasteiger partial charge is 0.146 e. The number of hydrogen-bond acceptors (Lipinski definition) is 2. The first-order valence-electron chi connectivity index (χ1n) is 4.69. The van der Waals surface area contributed by atoms with Crippen molar-refractivity contribution in [3.8, 4) is 0 Å². The molecule has 1 aliphatic rings. The zero-order chi connectivity index (χ0) is 10.1. The first-order chi connectivity index (χ1) is 6.72. The second kappa shape index (κ2) is 3.29. The van der Waals surface area contributed by atoms with Crippen molar-refractivity contribution in [3.05, 3.63) is 35.4 Å². The zero-order valence-electron chi connectivity index (χ0n) is 8.40. The van der Waals surface area contributed by atoms with Crippen molar-refractivity contribution < 1.29 is 4.79 Å². The lowest BCUT2D eigenvalue weighted by Gasteiger charge is -2.28. The summed E-state index contributed by atoms with van der Waals surface area (Å²) in [6.45, 7) is 2.07. The average Bonchev–Trinajstić information content (AvgIpc) is 2.18. The Kier molecular flexibility index (Phi) is 2.12. The highest BCUT2D eigenvalue weighted by molar-refractivity contribution is 5.80. The van der Waals surface area contributed by atoms with Gasteiger partial charge in [-0.2, -0.15) is 0 Å². The molecule has 0 aliphatic carbocycles. The monoisotopic (exact) mass is 187 g/mol. The molecule has 2 nitrogen and oxygen atoms in total. The topological polar surface area (TPSA) is 20.3 Å². The molecule has 0 radical (unpaired) electrons. The Balaban J connectivity index is 2.49. The number of anilines is 1. The van der Waals surface area contributed by atoms with E-state index >= 15 is 0 Å². The van der Waals surface area contributed by atoms with Crippen LogP contribution in [0.5, 0.6) is 0 Å². The minimum absolute atomic E-state index is 0.120. The van der Waals surface area contributed by atoms with E-state index in [-0.39, 0.29) is 6.04 Å². The molecule has 1 atom stereocenters. The van der Waals surface area contributed by atoms with Gasteiger partial charge in [-0.25, -0.2) is 0 Å². The Hall–Kier alpha value is -1.57. The molecule has 0 fully saturated rings. The van der Waals surface area contributed by atoms with Gasteiger partial charge in [0.05, 0.1) is 0 Å². The van der Waals surface area contributed by atoms with Crippen LogP contribution in [-0.4, -0.2) is 19.4 Å². The van der Waals surface area contributed by atoms with Gasteiger partial charge in [0.25, 0.3) is 0 Å². The molecule has 0 N–H and O–H groups in total. The summed E-state index contributed by atoms with van der Waals surface area (Å²) in [5.74, 6) is 0. The van der Waals surface area contributed by atoms with Crippen LogP contribution in [0.1, 0.15) is 11.1 Å². The summed E-state index contributed by atoms with van der Waals surface area (Å²) in [6.07, 6.45) is 4.90. The number of hydrogen-bond donors (Lipinski definition) is 0. The predicted molar refractivity (Wildman–Crippen MR) is 58.5 cm³/mol. The lowest BCUT2D eigenvalue weighted by atomic mass is 10.0. The van der Waals surface area contributed by atoms with Crippen LogP contribution in [0.2, 0.25) is 0 Å². The Morgan fingerprint density at radius 2 is 2.21 bits per heavy atom. The third-order valence-corrected chi connectivity index (χ3v) is 2.62. The Labute approximate surface area is 83.8 Å². The molecule has 1 unspecified atom stereocenters. The van der Waals surface area contributed by atoms with Crippen LogP contribution in [0, 0.1) is 6.92 Å². The van der Waals surface area contributed by atoms with Crippen LogP contribution in [0.15, 0.2) is 24.3 Å². The first-order valence-corrected chi connectivity index (χ1v) is 4.69. The molecule has 1 aromatic carbocycles. The molecule has 14 heavy (non-hydrogen) atoms. The highest BCUT2D eigenvalue weighted by Crippen LogP contribution is 2.27. The number of rotatable bonds is 1. The van der Waals surface area contributed by atoms with Gasteiger partial charge in [0.2, 0.25) is 0 Å². The third kappa shape index (κ3) is 1.33. The highest BCUT2D eigenvalue weighted by Gasteiger charge is 2.17. The molecule has 0 saturated carbocycles. The van der Waals surface area contributed by atoms with Crippen molar-refractivity contribution in [1.29, 1.82) is 0 Å². The van der Waals surface area contributed by atoms with Crippen LogP contribution in [0.4, 0.5) is 5.69 Å². The molecule has 0 amide bonds. The maximum atomic E-state index is 10.8. The molecule has 1 heterocycles. The van der Waals surface area contributed by atoms with E-state index in [9.17, 15) is 4.79 Å². The van der Waals surface area contributed by atoms with Gasteiger partial charge < -0.3 is 9.69 Å². The molecule has 0 spiro atoms. The molecule has 72 valence electrons. The molecule has 1 aromatic rings. The number of benzene rings is 1. The molecule has 2 rings (SSSR count). The van der Waals surface area contributed by atoms with Crippen molar-refractivity contribution >= 4 is 18.0 Å². The highest BCUT2D eigenvalue weighted by atomic mass is 16.1. The van der Waals surface area contributed by atoms with E-state index in [1.54, 1.807) is 0 Å². The number of fused-ring (bicyclic) bond motifs is 1. The van der Waals surface area contributed by atoms with E-state index in [0.717, 1.165) is 12.0 Å². The fourth-order valence-corrected chi connectivity index (χ4v) is 1.76. The van der Waals surface area contributed by atoms with Gasteiger partial charge in [0.1, 0.15) is 12.3 Å². The molecule has 1 aliphatic heterocycles. The molecule has 2 heteroatoms. The Bertz CT molecular complexity index is 395. The fourth-order valence-electron chi connectivity index (χ4n) is 1.76. The summed E-state index contributed by atoms with van der Waals surface area (Å²) in [4.78, 5) is 12.7. The van der Waals surface area contributed by atoms with Gasteiger partial charge in [-0.3, -0.25) is 0 Å². The predicted octanol–water partition coefficient (Wildman–Crippen LogP) is 2.03. The molecule has 0 aromatic heterocycles. The van der Waals surface area contributed by atoms with Crippen molar-refractivity contribution in [1.82, 2.24) is 0 Å². The van der Waals surface area contributed by atoms with Gasteiger partial charge in [-0.15, -0.1) is 0 Å². The number of likely N-dealkylation sites (N-methyl/N-ethyl adjacent to an activating group) is 1. The van der Waals surface area contributed by atoms with Crippen LogP contribution in [0.3, 0.4) is 0 Å². The number of carbonyl (C=O) groups excluding carboxylic acids is 1. The summed E-state index contributed by atoms with van der Waals surface area (Å²) >= 11 is 0. The van der Waals surface area contributed by atoms with Gasteiger partial charge in [-0.05, 0) is 24.6 Å². The number of aryl methyl sites for hydroxylation is 1. The standard InChI is InChI=1S/C12H13NO/c1-9-3-6-12-10(7-9)4-5-11(8-14)13(12)2/h3-8,11H,1-2H3. The SMILES string of the molecule is Cc1ccc2c(c1)C=CC(C=O)N2C. The maximum Gasteiger partial charge on any atom is 0.146 e. The van der Waals surface area contributed by atoms with Crippen LogP contribution >= 0.6 is 0 Å². The van der Waals surface area contributed by atoms with Crippen LogP contribution < -0.4 is 4.90 Å². The second-order valence-corrected chi connectivity index (χ2v) is 3.66. The normalized spacial score (nSPS) is 19.3. The van der Waals surface area contributed by atoms with Crippen molar-refractivity contribution in [2.45, 2.75) is 13.0 Å². The molecule has 0 saturated heterocycles. The van der Waals surface area contributed by atoms with E-state index in [1.807, 2.05) is 24.1 Å². The third-order valence-electron chi connectivity index (χ3n) is 2.62. The summed E-state index contributed by atoms with van der Waals surface area (Å²) < 4.78 is 0. The number of carbonyl (C=O) groups is 1. The molecular formula is C12H13NO. The summed E-state index contributed by atoms with van der Waals surface area (Å²) in [7, 11) is 1.94. The van der Waals surface area contributed by atoms with Gasteiger partial charge in [0.15, 0.2) is 0 Å².